The lowest BCUT2D eigenvalue weighted by molar-refractivity contribution is -0.394. The SMILES string of the molecule is O=[N+]([O-])c1ccc(O[C@H]2C3CCC3C3CC32)c([N+](=O)[O-])c1. The number of ether oxygens (including phenoxy) is 1. The summed E-state index contributed by atoms with van der Waals surface area (Å²) in [4.78, 5) is 20.6. The van der Waals surface area contributed by atoms with Gasteiger partial charge in [0.05, 0.1) is 15.9 Å². The van der Waals surface area contributed by atoms with Crippen LogP contribution in [-0.4, -0.2) is 16.0 Å². The van der Waals surface area contributed by atoms with Crippen molar-refractivity contribution in [2.24, 2.45) is 23.7 Å². The lowest BCUT2D eigenvalue weighted by atomic mass is 9.72. The summed E-state index contributed by atoms with van der Waals surface area (Å²) in [5, 5.41) is 21.9. The summed E-state index contributed by atoms with van der Waals surface area (Å²) in [6.45, 7) is 0. The molecule has 3 aliphatic carbocycles. The van der Waals surface area contributed by atoms with Crippen LogP contribution in [0.4, 0.5) is 11.4 Å². The third-order valence-electron chi connectivity index (χ3n) is 5.28. The highest BCUT2D eigenvalue weighted by atomic mass is 16.6. The number of nitro groups is 2. The number of nitrogens with zero attached hydrogens (tertiary/aromatic N) is 2. The molecule has 7 nitrogen and oxygen atoms in total. The molecule has 0 spiro atoms. The van der Waals surface area contributed by atoms with Crippen molar-refractivity contribution in [1.82, 2.24) is 0 Å². The van der Waals surface area contributed by atoms with Gasteiger partial charge in [-0.1, -0.05) is 0 Å². The highest BCUT2D eigenvalue weighted by Crippen LogP contribution is 2.66. The van der Waals surface area contributed by atoms with Crippen molar-refractivity contribution in [1.29, 1.82) is 0 Å². The maximum atomic E-state index is 11.1. The van der Waals surface area contributed by atoms with Crippen molar-refractivity contribution in [3.63, 3.8) is 0 Å². The van der Waals surface area contributed by atoms with E-state index in [4.69, 9.17) is 4.74 Å². The first-order valence-corrected chi connectivity index (χ1v) is 7.16. The van der Waals surface area contributed by atoms with Crippen LogP contribution in [0.5, 0.6) is 5.75 Å². The van der Waals surface area contributed by atoms with Crippen molar-refractivity contribution < 1.29 is 14.6 Å². The molecule has 3 saturated carbocycles. The van der Waals surface area contributed by atoms with Crippen molar-refractivity contribution in [2.75, 3.05) is 0 Å². The third kappa shape index (κ3) is 1.80. The molecule has 0 radical (unpaired) electrons. The molecule has 0 heterocycles. The van der Waals surface area contributed by atoms with Crippen molar-refractivity contribution in [3.05, 3.63) is 38.4 Å². The van der Waals surface area contributed by atoms with Gasteiger partial charge in [0.15, 0.2) is 5.75 Å². The fourth-order valence-corrected chi connectivity index (χ4v) is 4.10. The Morgan fingerprint density at radius 1 is 1.00 bits per heavy atom. The smallest absolute Gasteiger partial charge is 0.317 e. The Kier molecular flexibility index (Phi) is 2.49. The predicted octanol–water partition coefficient (Wildman–Crippen LogP) is 2.93. The first kappa shape index (κ1) is 12.6. The van der Waals surface area contributed by atoms with E-state index in [-0.39, 0.29) is 23.2 Å². The van der Waals surface area contributed by atoms with Crippen molar-refractivity contribution in [3.8, 4) is 5.75 Å². The Bertz CT molecular complexity index is 646. The molecule has 7 heteroatoms. The molecule has 1 aromatic carbocycles. The number of rotatable bonds is 4. The van der Waals surface area contributed by atoms with Gasteiger partial charge in [0.25, 0.3) is 5.69 Å². The molecule has 1 aromatic rings. The van der Waals surface area contributed by atoms with Gasteiger partial charge >= 0.3 is 5.69 Å². The summed E-state index contributed by atoms with van der Waals surface area (Å²) >= 11 is 0. The second-order valence-corrected chi connectivity index (χ2v) is 6.22. The summed E-state index contributed by atoms with van der Waals surface area (Å²) < 4.78 is 5.93. The number of non-ortho nitro benzene ring substituents is 1. The van der Waals surface area contributed by atoms with Gasteiger partial charge in [-0.3, -0.25) is 20.2 Å². The average Bonchev–Trinajstić information content (AvgIpc) is 3.12. The van der Waals surface area contributed by atoms with Gasteiger partial charge < -0.3 is 4.74 Å². The minimum absolute atomic E-state index is 0.0499. The number of hydrogen-bond acceptors (Lipinski definition) is 5. The van der Waals surface area contributed by atoms with Crippen LogP contribution < -0.4 is 4.74 Å². The molecule has 0 N–H and O–H groups in total. The molecule has 0 amide bonds. The van der Waals surface area contributed by atoms with E-state index in [0.717, 1.165) is 30.7 Å². The summed E-state index contributed by atoms with van der Waals surface area (Å²) in [6.07, 6.45) is 3.58. The Morgan fingerprint density at radius 3 is 2.33 bits per heavy atom. The van der Waals surface area contributed by atoms with E-state index in [1.807, 2.05) is 0 Å². The van der Waals surface area contributed by atoms with Gasteiger partial charge in [0, 0.05) is 6.07 Å². The van der Waals surface area contributed by atoms with Crippen LogP contribution in [0.15, 0.2) is 18.2 Å². The molecule has 5 atom stereocenters. The van der Waals surface area contributed by atoms with E-state index in [0.29, 0.717) is 11.8 Å². The molecule has 3 fully saturated rings. The number of hydrogen-bond donors (Lipinski definition) is 0. The van der Waals surface area contributed by atoms with Crippen LogP contribution >= 0.6 is 0 Å². The van der Waals surface area contributed by atoms with Gasteiger partial charge in [-0.15, -0.1) is 0 Å². The second-order valence-electron chi connectivity index (χ2n) is 6.22. The molecule has 110 valence electrons. The maximum Gasteiger partial charge on any atom is 0.317 e. The molecular formula is C14H14N2O5. The first-order chi connectivity index (χ1) is 10.1. The summed E-state index contributed by atoms with van der Waals surface area (Å²) in [5.41, 5.74) is -0.601. The number of fused-ring (bicyclic) bond motifs is 3. The highest BCUT2D eigenvalue weighted by molar-refractivity contribution is 5.53. The molecule has 0 saturated heterocycles. The second kappa shape index (κ2) is 4.16. The van der Waals surface area contributed by atoms with Crippen molar-refractivity contribution in [2.45, 2.75) is 25.4 Å². The van der Waals surface area contributed by atoms with E-state index >= 15 is 0 Å². The van der Waals surface area contributed by atoms with Gasteiger partial charge in [-0.2, -0.15) is 0 Å². The minimum Gasteiger partial charge on any atom is -0.483 e. The predicted molar refractivity (Wildman–Crippen MR) is 72.0 cm³/mol. The molecule has 21 heavy (non-hydrogen) atoms. The van der Waals surface area contributed by atoms with Crippen LogP contribution in [0, 0.1) is 43.9 Å². The van der Waals surface area contributed by atoms with E-state index in [1.54, 1.807) is 0 Å². The minimum atomic E-state index is -0.634. The van der Waals surface area contributed by atoms with Crippen molar-refractivity contribution >= 4 is 11.4 Å². The zero-order valence-corrected chi connectivity index (χ0v) is 11.2. The van der Waals surface area contributed by atoms with E-state index in [1.165, 1.54) is 18.6 Å². The van der Waals surface area contributed by atoms with Gasteiger partial charge in [0.2, 0.25) is 0 Å². The summed E-state index contributed by atoms with van der Waals surface area (Å²) in [7, 11) is 0. The van der Waals surface area contributed by atoms with Crippen LogP contribution in [0.1, 0.15) is 19.3 Å². The van der Waals surface area contributed by atoms with Gasteiger partial charge in [0.1, 0.15) is 6.10 Å². The molecular weight excluding hydrogens is 276 g/mol. The van der Waals surface area contributed by atoms with E-state index in [2.05, 4.69) is 0 Å². The number of nitro benzene ring substituents is 2. The molecule has 3 aliphatic rings. The monoisotopic (exact) mass is 290 g/mol. The Morgan fingerprint density at radius 2 is 1.76 bits per heavy atom. The van der Waals surface area contributed by atoms with E-state index in [9.17, 15) is 20.2 Å². The molecule has 4 rings (SSSR count). The average molecular weight is 290 g/mol. The standard InChI is InChI=1S/C14H14N2O5/c17-15(18)7-1-4-13(12(5-7)16(19)20)21-14-9-3-2-8(9)10-6-11(10)14/h1,4-5,8-11,14H,2-3,6H2/t8?,9?,10?,11?,14-/m0/s1. The van der Waals surface area contributed by atoms with Crippen LogP contribution in [-0.2, 0) is 0 Å². The Labute approximate surface area is 120 Å². The van der Waals surface area contributed by atoms with Crippen LogP contribution in [0.25, 0.3) is 0 Å². The highest BCUT2D eigenvalue weighted by Gasteiger charge is 2.64. The summed E-state index contributed by atoms with van der Waals surface area (Å²) in [6, 6.07) is 3.60. The Balaban J connectivity index is 1.62. The molecule has 0 bridgehead atoms. The Hall–Kier alpha value is -2.18. The molecule has 0 aromatic heterocycles. The zero-order valence-electron chi connectivity index (χ0n) is 11.2. The largest absolute Gasteiger partial charge is 0.483 e. The number of benzene rings is 1. The van der Waals surface area contributed by atoms with Crippen LogP contribution in [0.3, 0.4) is 0 Å². The fourth-order valence-electron chi connectivity index (χ4n) is 4.10. The zero-order chi connectivity index (χ0) is 14.7. The molecule has 0 aliphatic heterocycles. The normalized spacial score (nSPS) is 35.3. The van der Waals surface area contributed by atoms with Gasteiger partial charge in [-0.05, 0) is 49.0 Å². The fraction of sp³-hybridized carbons (Fsp3) is 0.571. The lowest BCUT2D eigenvalue weighted by Gasteiger charge is -2.36. The summed E-state index contributed by atoms with van der Waals surface area (Å²) in [5.74, 6) is 2.68. The van der Waals surface area contributed by atoms with E-state index < -0.39 is 9.85 Å². The topological polar surface area (TPSA) is 95.5 Å². The van der Waals surface area contributed by atoms with Gasteiger partial charge in [-0.25, -0.2) is 0 Å². The maximum absolute atomic E-state index is 11.1. The lowest BCUT2D eigenvalue weighted by Crippen LogP contribution is -2.35. The first-order valence-electron chi connectivity index (χ1n) is 7.16. The van der Waals surface area contributed by atoms with Crippen LogP contribution in [0.2, 0.25) is 0 Å². The quantitative estimate of drug-likeness (QED) is 0.627. The molecule has 4 unspecified atom stereocenters. The third-order valence-corrected chi connectivity index (χ3v) is 5.28.